The molecule has 0 saturated heterocycles. The first-order valence-electron chi connectivity index (χ1n) is 5.31. The molecule has 2 rings (SSSR count). The van der Waals surface area contributed by atoms with Gasteiger partial charge in [0, 0.05) is 0 Å². The lowest BCUT2D eigenvalue weighted by Crippen LogP contribution is -2.22. The highest BCUT2D eigenvalue weighted by Gasteiger charge is 2.05. The molecule has 0 amide bonds. The van der Waals surface area contributed by atoms with Crippen molar-refractivity contribution in [2.75, 3.05) is 0 Å². The van der Waals surface area contributed by atoms with E-state index in [1.54, 1.807) is 0 Å². The van der Waals surface area contributed by atoms with Gasteiger partial charge in [-0.3, -0.25) is 4.79 Å². The summed E-state index contributed by atoms with van der Waals surface area (Å²) in [5.74, 6) is 0. The van der Waals surface area contributed by atoms with Gasteiger partial charge in [0.05, 0.1) is 17.8 Å². The molecule has 2 aromatic rings. The highest BCUT2D eigenvalue weighted by Crippen LogP contribution is 2.14. The topological polar surface area (TPSA) is 34.9 Å². The van der Waals surface area contributed by atoms with Gasteiger partial charge < -0.3 is 0 Å². The van der Waals surface area contributed by atoms with E-state index in [1.165, 1.54) is 10.9 Å². The molecule has 18 heavy (non-hydrogen) atoms. The first-order chi connectivity index (χ1) is 8.68. The van der Waals surface area contributed by atoms with Gasteiger partial charge in [0.15, 0.2) is 0 Å². The van der Waals surface area contributed by atoms with Crippen molar-refractivity contribution in [2.24, 2.45) is 0 Å². The summed E-state index contributed by atoms with van der Waals surface area (Å²) in [4.78, 5) is 11.7. The second kappa shape index (κ2) is 5.85. The van der Waals surface area contributed by atoms with Gasteiger partial charge in [-0.15, -0.1) is 0 Å². The second-order valence-corrected chi connectivity index (χ2v) is 4.39. The number of benzene rings is 1. The lowest BCUT2D eigenvalue weighted by atomic mass is 10.2. The van der Waals surface area contributed by atoms with Crippen LogP contribution in [0.5, 0.6) is 0 Å². The van der Waals surface area contributed by atoms with E-state index >= 15 is 0 Å². The smallest absolute Gasteiger partial charge is 0.266 e. The lowest BCUT2D eigenvalue weighted by Gasteiger charge is -2.01. The molecule has 0 unspecified atom stereocenters. The number of aromatic nitrogens is 2. The average Bonchev–Trinajstić information content (AvgIpc) is 2.40. The fourth-order valence-electron chi connectivity index (χ4n) is 1.43. The van der Waals surface area contributed by atoms with Crippen LogP contribution in [0.4, 0.5) is 0 Å². The lowest BCUT2D eigenvalue weighted by molar-refractivity contribution is 0.653. The molecular weight excluding hydrogens is 271 g/mol. The van der Waals surface area contributed by atoms with Gasteiger partial charge in [-0.05, 0) is 5.56 Å². The Morgan fingerprint density at radius 3 is 2.67 bits per heavy atom. The number of hydrogen-bond donors (Lipinski definition) is 0. The molecular formula is C13H10Cl2N2O. The highest BCUT2D eigenvalue weighted by atomic mass is 35.5. The number of allylic oxidation sites excluding steroid dienone is 1. The Kier molecular flexibility index (Phi) is 4.18. The molecule has 0 N–H and O–H groups in total. The van der Waals surface area contributed by atoms with Crippen LogP contribution in [0.1, 0.15) is 5.56 Å². The molecule has 0 aliphatic rings. The van der Waals surface area contributed by atoms with Crippen molar-refractivity contribution < 1.29 is 0 Å². The summed E-state index contributed by atoms with van der Waals surface area (Å²) in [6.45, 7) is 0.352. The van der Waals surface area contributed by atoms with Crippen molar-refractivity contribution in [3.05, 3.63) is 68.6 Å². The van der Waals surface area contributed by atoms with E-state index in [9.17, 15) is 4.79 Å². The predicted molar refractivity (Wildman–Crippen MR) is 74.0 cm³/mol. The Hall–Kier alpha value is -1.58. The maximum Gasteiger partial charge on any atom is 0.287 e. The summed E-state index contributed by atoms with van der Waals surface area (Å²) < 4.78 is 1.26. The van der Waals surface area contributed by atoms with Gasteiger partial charge in [-0.25, -0.2) is 4.68 Å². The average molecular weight is 281 g/mol. The molecule has 0 bridgehead atoms. The zero-order valence-electron chi connectivity index (χ0n) is 9.38. The largest absolute Gasteiger partial charge is 0.287 e. The van der Waals surface area contributed by atoms with Crippen molar-refractivity contribution in [3.8, 4) is 0 Å². The van der Waals surface area contributed by atoms with Crippen LogP contribution >= 0.6 is 23.2 Å². The number of nitrogens with zero attached hydrogens (tertiary/aromatic N) is 2. The van der Waals surface area contributed by atoms with Crippen LogP contribution in [0.2, 0.25) is 10.0 Å². The molecule has 0 aliphatic carbocycles. The molecule has 0 aliphatic heterocycles. The minimum absolute atomic E-state index is 0.000206. The summed E-state index contributed by atoms with van der Waals surface area (Å²) in [6, 6.07) is 9.79. The van der Waals surface area contributed by atoms with Gasteiger partial charge >= 0.3 is 0 Å². The molecule has 0 atom stereocenters. The Balaban J connectivity index is 2.14. The van der Waals surface area contributed by atoms with Gasteiger partial charge in [0.25, 0.3) is 5.56 Å². The molecule has 5 heteroatoms. The van der Waals surface area contributed by atoms with Crippen LogP contribution in [0, 0.1) is 0 Å². The number of hydrogen-bond acceptors (Lipinski definition) is 2. The second-order valence-electron chi connectivity index (χ2n) is 3.61. The van der Waals surface area contributed by atoms with E-state index in [1.807, 2.05) is 42.5 Å². The molecule has 0 spiro atoms. The Morgan fingerprint density at radius 1 is 1.22 bits per heavy atom. The van der Waals surface area contributed by atoms with Crippen LogP contribution in [0.25, 0.3) is 6.08 Å². The van der Waals surface area contributed by atoms with Crippen molar-refractivity contribution >= 4 is 29.3 Å². The van der Waals surface area contributed by atoms with Crippen LogP contribution in [-0.4, -0.2) is 9.78 Å². The van der Waals surface area contributed by atoms with Crippen LogP contribution < -0.4 is 5.56 Å². The first kappa shape index (κ1) is 12.9. The van der Waals surface area contributed by atoms with E-state index < -0.39 is 0 Å². The van der Waals surface area contributed by atoms with Gasteiger partial charge in [0.1, 0.15) is 5.02 Å². The molecule has 1 aromatic carbocycles. The van der Waals surface area contributed by atoms with E-state index in [0.29, 0.717) is 6.54 Å². The zero-order chi connectivity index (χ0) is 13.0. The molecule has 0 radical (unpaired) electrons. The van der Waals surface area contributed by atoms with Crippen LogP contribution in [0.15, 0.2) is 47.4 Å². The Labute approximate surface area is 114 Å². The summed E-state index contributed by atoms with van der Waals surface area (Å²) in [6.07, 6.45) is 5.12. The maximum absolute atomic E-state index is 11.7. The first-order valence-corrected chi connectivity index (χ1v) is 6.07. The summed E-state index contributed by atoms with van der Waals surface area (Å²) in [7, 11) is 0. The van der Waals surface area contributed by atoms with E-state index in [0.717, 1.165) is 5.56 Å². The predicted octanol–water partition coefficient (Wildman–Crippen LogP) is 3.26. The summed E-state index contributed by atoms with van der Waals surface area (Å²) in [5, 5.41) is 4.08. The maximum atomic E-state index is 11.7. The Morgan fingerprint density at radius 2 is 1.94 bits per heavy atom. The Bertz CT molecular complexity index is 621. The molecule has 3 nitrogen and oxygen atoms in total. The van der Waals surface area contributed by atoms with Crippen molar-refractivity contribution in [3.63, 3.8) is 0 Å². The molecule has 1 aromatic heterocycles. The summed E-state index contributed by atoms with van der Waals surface area (Å²) >= 11 is 11.4. The van der Waals surface area contributed by atoms with Crippen molar-refractivity contribution in [1.29, 1.82) is 0 Å². The van der Waals surface area contributed by atoms with E-state index in [4.69, 9.17) is 23.2 Å². The third kappa shape index (κ3) is 3.00. The van der Waals surface area contributed by atoms with Gasteiger partial charge in [-0.2, -0.15) is 5.10 Å². The monoisotopic (exact) mass is 280 g/mol. The summed E-state index contributed by atoms with van der Waals surface area (Å²) in [5.41, 5.74) is 0.674. The third-order valence-corrected chi connectivity index (χ3v) is 3.08. The minimum atomic E-state index is -0.387. The van der Waals surface area contributed by atoms with Gasteiger partial charge in [-0.1, -0.05) is 65.7 Å². The quantitative estimate of drug-likeness (QED) is 0.865. The fraction of sp³-hybridized carbons (Fsp3) is 0.0769. The number of halogens is 2. The van der Waals surface area contributed by atoms with E-state index in [2.05, 4.69) is 5.10 Å². The van der Waals surface area contributed by atoms with E-state index in [-0.39, 0.29) is 15.6 Å². The minimum Gasteiger partial charge on any atom is -0.266 e. The third-order valence-electron chi connectivity index (χ3n) is 2.33. The molecule has 92 valence electrons. The normalized spacial score (nSPS) is 11.0. The highest BCUT2D eigenvalue weighted by molar-refractivity contribution is 6.41. The molecule has 0 fully saturated rings. The van der Waals surface area contributed by atoms with Crippen LogP contribution in [0.3, 0.4) is 0 Å². The van der Waals surface area contributed by atoms with Crippen LogP contribution in [-0.2, 0) is 6.54 Å². The number of rotatable bonds is 3. The van der Waals surface area contributed by atoms with Crippen molar-refractivity contribution in [2.45, 2.75) is 6.54 Å². The van der Waals surface area contributed by atoms with Gasteiger partial charge in [0.2, 0.25) is 0 Å². The molecule has 0 saturated carbocycles. The SMILES string of the molecule is O=c1c(Cl)c(Cl)cnn1CC=Cc1ccccc1. The van der Waals surface area contributed by atoms with Crippen molar-refractivity contribution in [1.82, 2.24) is 9.78 Å². The zero-order valence-corrected chi connectivity index (χ0v) is 10.9. The molecule has 1 heterocycles. The standard InChI is InChI=1S/C13H10Cl2N2O/c14-11-9-16-17(13(18)12(11)15)8-4-7-10-5-2-1-3-6-10/h1-7,9H,8H2. The fourth-order valence-corrected chi connectivity index (χ4v) is 1.70.